The van der Waals surface area contributed by atoms with E-state index in [2.05, 4.69) is 47.2 Å². The maximum Gasteiger partial charge on any atom is 0.340 e. The van der Waals surface area contributed by atoms with Crippen molar-refractivity contribution in [2.24, 2.45) is 0 Å². The van der Waals surface area contributed by atoms with E-state index in [0.29, 0.717) is 17.4 Å². The van der Waals surface area contributed by atoms with Crippen LogP contribution in [0.25, 0.3) is 11.0 Å². The molecule has 0 aromatic carbocycles. The summed E-state index contributed by atoms with van der Waals surface area (Å²) >= 11 is 8.54. The minimum atomic E-state index is -1.10. The fourth-order valence-electron chi connectivity index (χ4n) is 2.05. The minimum absolute atomic E-state index is 0.273. The van der Waals surface area contributed by atoms with E-state index in [0.717, 1.165) is 21.7 Å². The minimum Gasteiger partial charge on any atom is -0.465 e. The van der Waals surface area contributed by atoms with Crippen molar-refractivity contribution in [1.82, 2.24) is 9.55 Å². The normalized spacial score (nSPS) is 11.9. The van der Waals surface area contributed by atoms with Crippen LogP contribution in [0.15, 0.2) is 12.3 Å². The van der Waals surface area contributed by atoms with E-state index < -0.39 is 14.0 Å². The lowest BCUT2D eigenvalue weighted by molar-refractivity contribution is 0.0600. The van der Waals surface area contributed by atoms with Crippen molar-refractivity contribution in [3.8, 4) is 0 Å². The first kappa shape index (κ1) is 18.7. The van der Waals surface area contributed by atoms with Crippen molar-refractivity contribution in [1.29, 1.82) is 0 Å². The van der Waals surface area contributed by atoms with Gasteiger partial charge in [-0.15, -0.1) is 0 Å². The number of aromatic nitrogens is 2. The lowest BCUT2D eigenvalue weighted by atomic mass is 10.2. The van der Waals surface area contributed by atoms with E-state index in [1.54, 1.807) is 0 Å². The number of esters is 1. The molecule has 0 aliphatic heterocycles. The first-order valence-electron chi connectivity index (χ1n) is 7.24. The molecule has 0 bridgehead atoms. The highest BCUT2D eigenvalue weighted by Crippen LogP contribution is 2.29. The summed E-state index contributed by atoms with van der Waals surface area (Å²) < 4.78 is 13.4. The van der Waals surface area contributed by atoms with Gasteiger partial charge in [-0.05, 0) is 34.7 Å². The second-order valence-corrected chi connectivity index (χ2v) is 13.6. The standard InChI is InChI=1S/C15H20ClIN2O3Si/c1-21-15(20)11-8-18-14-10(13(11)16)7-12(17)19(14)9-22-5-6-23(2,3)4/h7-8H,5-6,9H2,1-4H3. The molecule has 0 aliphatic carbocycles. The van der Waals surface area contributed by atoms with Gasteiger partial charge in [0.25, 0.3) is 0 Å². The van der Waals surface area contributed by atoms with Crippen molar-refractivity contribution < 1.29 is 14.3 Å². The van der Waals surface area contributed by atoms with Crippen molar-refractivity contribution in [3.63, 3.8) is 0 Å². The van der Waals surface area contributed by atoms with Gasteiger partial charge in [0.05, 0.1) is 21.4 Å². The van der Waals surface area contributed by atoms with E-state index in [1.165, 1.54) is 13.3 Å². The molecule has 0 atom stereocenters. The topological polar surface area (TPSA) is 53.3 Å². The highest BCUT2D eigenvalue weighted by atomic mass is 127. The number of pyridine rings is 1. The summed E-state index contributed by atoms with van der Waals surface area (Å²) in [6.45, 7) is 8.12. The molecule has 126 valence electrons. The maximum absolute atomic E-state index is 11.7. The van der Waals surface area contributed by atoms with Crippen LogP contribution >= 0.6 is 34.2 Å². The highest BCUT2D eigenvalue weighted by Gasteiger charge is 2.18. The second-order valence-electron chi connectivity index (χ2n) is 6.46. The molecule has 0 radical (unpaired) electrons. The Bertz CT molecular complexity index is 728. The number of halogens is 2. The summed E-state index contributed by atoms with van der Waals surface area (Å²) in [5.41, 5.74) is 0.981. The van der Waals surface area contributed by atoms with Crippen LogP contribution in [0.3, 0.4) is 0 Å². The molecule has 0 fully saturated rings. The molecule has 0 spiro atoms. The van der Waals surface area contributed by atoms with Crippen LogP contribution in [0.5, 0.6) is 0 Å². The Morgan fingerprint density at radius 3 is 2.74 bits per heavy atom. The summed E-state index contributed by atoms with van der Waals surface area (Å²) in [5.74, 6) is -0.487. The third-order valence-electron chi connectivity index (χ3n) is 3.43. The number of carbonyl (C=O) groups is 1. The Hall–Kier alpha value is -0.643. The smallest absolute Gasteiger partial charge is 0.340 e. The third-order valence-corrected chi connectivity index (χ3v) is 6.43. The summed E-state index contributed by atoms with van der Waals surface area (Å²) in [6, 6.07) is 3.02. The van der Waals surface area contributed by atoms with E-state index in [1.807, 2.05) is 10.6 Å². The largest absolute Gasteiger partial charge is 0.465 e. The van der Waals surface area contributed by atoms with E-state index >= 15 is 0 Å². The Kier molecular flexibility index (Phi) is 6.09. The predicted molar refractivity (Wildman–Crippen MR) is 103 cm³/mol. The first-order chi connectivity index (χ1) is 10.7. The van der Waals surface area contributed by atoms with E-state index in [-0.39, 0.29) is 5.56 Å². The summed E-state index contributed by atoms with van der Waals surface area (Å²) in [4.78, 5) is 16.1. The molecule has 23 heavy (non-hydrogen) atoms. The van der Waals surface area contributed by atoms with Gasteiger partial charge in [0.2, 0.25) is 0 Å². The summed E-state index contributed by atoms with van der Waals surface area (Å²) in [6.07, 6.45) is 1.45. The zero-order chi connectivity index (χ0) is 17.2. The molecular weight excluding hydrogens is 447 g/mol. The third kappa shape index (κ3) is 4.46. The van der Waals surface area contributed by atoms with Gasteiger partial charge in [0.15, 0.2) is 0 Å². The Balaban J connectivity index is 2.23. The van der Waals surface area contributed by atoms with Crippen LogP contribution in [-0.2, 0) is 16.2 Å². The van der Waals surface area contributed by atoms with Crippen LogP contribution in [0.1, 0.15) is 10.4 Å². The molecule has 2 aromatic heterocycles. The maximum atomic E-state index is 11.7. The predicted octanol–water partition coefficient (Wildman–Crippen LogP) is 4.39. The molecule has 0 saturated heterocycles. The van der Waals surface area contributed by atoms with Crippen molar-refractivity contribution in [3.05, 3.63) is 26.5 Å². The van der Waals surface area contributed by atoms with Crippen molar-refractivity contribution >= 4 is 59.3 Å². The average molecular weight is 467 g/mol. The van der Waals surface area contributed by atoms with Gasteiger partial charge >= 0.3 is 5.97 Å². The molecule has 0 aliphatic rings. The van der Waals surface area contributed by atoms with E-state index in [4.69, 9.17) is 21.1 Å². The highest BCUT2D eigenvalue weighted by molar-refractivity contribution is 14.1. The van der Waals surface area contributed by atoms with Gasteiger partial charge in [-0.3, -0.25) is 4.57 Å². The Morgan fingerprint density at radius 1 is 1.43 bits per heavy atom. The first-order valence-corrected chi connectivity index (χ1v) is 12.4. The fraction of sp³-hybridized carbons (Fsp3) is 0.467. The molecule has 2 aromatic rings. The van der Waals surface area contributed by atoms with Gasteiger partial charge < -0.3 is 9.47 Å². The van der Waals surface area contributed by atoms with Gasteiger partial charge in [0.1, 0.15) is 12.4 Å². The number of rotatable bonds is 6. The number of ether oxygens (including phenoxy) is 2. The number of hydrogen-bond donors (Lipinski definition) is 0. The van der Waals surface area contributed by atoms with Crippen LogP contribution in [0, 0.1) is 3.70 Å². The molecule has 2 rings (SSSR count). The SMILES string of the molecule is COC(=O)c1cnc2c(cc(I)n2COCC[Si](C)(C)C)c1Cl. The van der Waals surface area contributed by atoms with Gasteiger partial charge in [0, 0.05) is 26.3 Å². The van der Waals surface area contributed by atoms with Crippen LogP contribution in [0.4, 0.5) is 0 Å². The Labute approximate surface area is 155 Å². The number of hydrogen-bond acceptors (Lipinski definition) is 4. The summed E-state index contributed by atoms with van der Waals surface area (Å²) in [5, 5.41) is 1.09. The number of nitrogens with zero attached hydrogens (tertiary/aromatic N) is 2. The lowest BCUT2D eigenvalue weighted by Gasteiger charge is -2.16. The molecule has 8 heteroatoms. The lowest BCUT2D eigenvalue weighted by Crippen LogP contribution is -2.22. The quantitative estimate of drug-likeness (QED) is 0.274. The molecule has 0 saturated carbocycles. The number of fused-ring (bicyclic) bond motifs is 1. The average Bonchev–Trinajstić information content (AvgIpc) is 2.79. The van der Waals surface area contributed by atoms with E-state index in [9.17, 15) is 4.79 Å². The number of methoxy groups -OCH3 is 1. The fourth-order valence-corrected chi connectivity index (χ4v) is 3.75. The number of carbonyl (C=O) groups excluding carboxylic acids is 1. The molecule has 0 N–H and O–H groups in total. The van der Waals surface area contributed by atoms with Crippen LogP contribution < -0.4 is 0 Å². The van der Waals surface area contributed by atoms with Crippen molar-refractivity contribution in [2.75, 3.05) is 13.7 Å². The molecule has 2 heterocycles. The van der Waals surface area contributed by atoms with Gasteiger partial charge in [-0.25, -0.2) is 9.78 Å². The molecule has 0 amide bonds. The van der Waals surface area contributed by atoms with Crippen LogP contribution in [-0.4, -0.2) is 37.3 Å². The zero-order valence-electron chi connectivity index (χ0n) is 13.7. The van der Waals surface area contributed by atoms with Crippen molar-refractivity contribution in [2.45, 2.75) is 32.4 Å². The Morgan fingerprint density at radius 2 is 2.13 bits per heavy atom. The summed E-state index contributed by atoms with van der Waals surface area (Å²) in [7, 11) is 0.220. The zero-order valence-corrected chi connectivity index (χ0v) is 17.6. The van der Waals surface area contributed by atoms with Crippen LogP contribution in [0.2, 0.25) is 30.7 Å². The van der Waals surface area contributed by atoms with Gasteiger partial charge in [-0.2, -0.15) is 0 Å². The second kappa shape index (κ2) is 7.50. The molecule has 5 nitrogen and oxygen atoms in total. The monoisotopic (exact) mass is 466 g/mol. The van der Waals surface area contributed by atoms with Gasteiger partial charge in [-0.1, -0.05) is 31.2 Å². The molecular formula is C15H20ClIN2O3Si. The molecule has 0 unspecified atom stereocenters.